The first-order valence-corrected chi connectivity index (χ1v) is 5.94. The average molecular weight is 292 g/mol. The maximum Gasteiger partial charge on any atom is 0.257 e. The molecule has 0 aliphatic carbocycles. The van der Waals surface area contributed by atoms with Crippen molar-refractivity contribution in [2.24, 2.45) is 11.0 Å². The molecule has 1 amide bonds. The van der Waals surface area contributed by atoms with Gasteiger partial charge in [0.25, 0.3) is 5.91 Å². The van der Waals surface area contributed by atoms with E-state index in [1.54, 1.807) is 6.92 Å². The van der Waals surface area contributed by atoms with E-state index in [0.717, 1.165) is 4.47 Å². The summed E-state index contributed by atoms with van der Waals surface area (Å²) in [6.45, 7) is 1.78. The zero-order valence-electron chi connectivity index (χ0n) is 9.22. The first-order valence-electron chi connectivity index (χ1n) is 5.15. The van der Waals surface area contributed by atoms with Crippen molar-refractivity contribution in [1.82, 2.24) is 0 Å². The average Bonchev–Trinajstić information content (AvgIpc) is 2.57. The second-order valence-electron chi connectivity index (χ2n) is 3.79. The normalized spacial score (nSPS) is 19.1. The Morgan fingerprint density at radius 1 is 1.59 bits per heavy atom. The minimum Gasteiger partial charge on any atom is -0.272 e. The molecule has 86 valence electrons. The Hall–Kier alpha value is -1.67. The number of carbonyl (C=O) groups is 1. The first kappa shape index (κ1) is 11.8. The van der Waals surface area contributed by atoms with E-state index in [2.05, 4.69) is 21.0 Å². The van der Waals surface area contributed by atoms with Gasteiger partial charge in [-0.05, 0) is 25.1 Å². The van der Waals surface area contributed by atoms with Crippen molar-refractivity contribution in [1.29, 1.82) is 5.26 Å². The van der Waals surface area contributed by atoms with Crippen LogP contribution in [0.25, 0.3) is 0 Å². The molecule has 1 heterocycles. The highest BCUT2D eigenvalue weighted by atomic mass is 79.9. The fourth-order valence-electron chi connectivity index (χ4n) is 1.72. The molecule has 0 N–H and O–H groups in total. The molecule has 1 aromatic carbocycles. The Balaban J connectivity index is 2.31. The summed E-state index contributed by atoms with van der Waals surface area (Å²) in [4.78, 5) is 12.1. The molecule has 1 aliphatic rings. The van der Waals surface area contributed by atoms with Gasteiger partial charge in [-0.25, -0.2) is 5.01 Å². The van der Waals surface area contributed by atoms with Gasteiger partial charge in [0.05, 0.1) is 24.1 Å². The fourth-order valence-corrected chi connectivity index (χ4v) is 2.11. The number of hydrogen-bond donors (Lipinski definition) is 0. The maximum atomic E-state index is 12.1. The van der Waals surface area contributed by atoms with Crippen LogP contribution in [-0.2, 0) is 4.79 Å². The summed E-state index contributed by atoms with van der Waals surface area (Å²) in [6.07, 6.45) is 0.179. The molecule has 1 unspecified atom stereocenters. The van der Waals surface area contributed by atoms with Crippen LogP contribution >= 0.6 is 15.9 Å². The van der Waals surface area contributed by atoms with Crippen LogP contribution in [0.4, 0.5) is 5.69 Å². The number of carbonyl (C=O) groups excluding carboxylic acids is 1. The predicted octanol–water partition coefficient (Wildman–Crippen LogP) is 2.70. The van der Waals surface area contributed by atoms with Crippen LogP contribution in [-0.4, -0.2) is 11.6 Å². The van der Waals surface area contributed by atoms with E-state index in [9.17, 15) is 4.79 Å². The monoisotopic (exact) mass is 291 g/mol. The molecule has 0 spiro atoms. The quantitative estimate of drug-likeness (QED) is 0.841. The number of rotatable bonds is 2. The van der Waals surface area contributed by atoms with E-state index >= 15 is 0 Å². The van der Waals surface area contributed by atoms with Crippen LogP contribution < -0.4 is 5.01 Å². The van der Waals surface area contributed by atoms with E-state index < -0.39 is 5.92 Å². The molecule has 0 aromatic heterocycles. The van der Waals surface area contributed by atoms with E-state index in [0.29, 0.717) is 11.4 Å². The van der Waals surface area contributed by atoms with Crippen LogP contribution in [0.2, 0.25) is 0 Å². The SMILES string of the molecule is CC1=NN(c2cccc(Br)c2)C(=O)C1CC#N. The molecule has 0 saturated heterocycles. The molecule has 1 aliphatic heterocycles. The highest BCUT2D eigenvalue weighted by Gasteiger charge is 2.34. The zero-order valence-corrected chi connectivity index (χ0v) is 10.8. The van der Waals surface area contributed by atoms with Gasteiger partial charge in [-0.2, -0.15) is 10.4 Å². The number of benzene rings is 1. The lowest BCUT2D eigenvalue weighted by molar-refractivity contribution is -0.119. The molecular weight excluding hydrogens is 282 g/mol. The molecule has 1 atom stereocenters. The van der Waals surface area contributed by atoms with E-state index in [1.807, 2.05) is 30.3 Å². The van der Waals surface area contributed by atoms with E-state index in [1.165, 1.54) is 5.01 Å². The highest BCUT2D eigenvalue weighted by Crippen LogP contribution is 2.27. The van der Waals surface area contributed by atoms with Gasteiger partial charge >= 0.3 is 0 Å². The predicted molar refractivity (Wildman–Crippen MR) is 68.5 cm³/mol. The molecule has 17 heavy (non-hydrogen) atoms. The summed E-state index contributed by atoms with van der Waals surface area (Å²) >= 11 is 3.35. The fraction of sp³-hybridized carbons (Fsp3) is 0.250. The van der Waals surface area contributed by atoms with Gasteiger partial charge in [-0.3, -0.25) is 4.79 Å². The molecule has 2 rings (SSSR count). The standard InChI is InChI=1S/C12H10BrN3O/c1-8-11(5-6-14)12(17)16(15-8)10-4-2-3-9(13)7-10/h2-4,7,11H,5H2,1H3. The third kappa shape index (κ3) is 2.22. The number of anilines is 1. The van der Waals surface area contributed by atoms with Crippen molar-refractivity contribution in [2.45, 2.75) is 13.3 Å². The van der Waals surface area contributed by atoms with Gasteiger partial charge in [-0.15, -0.1) is 0 Å². The van der Waals surface area contributed by atoms with Crippen LogP contribution in [0.5, 0.6) is 0 Å². The maximum absolute atomic E-state index is 12.1. The van der Waals surface area contributed by atoms with E-state index in [4.69, 9.17) is 5.26 Å². The van der Waals surface area contributed by atoms with Crippen LogP contribution in [0, 0.1) is 17.2 Å². The van der Waals surface area contributed by atoms with Crippen molar-refractivity contribution < 1.29 is 4.79 Å². The number of halogens is 1. The molecule has 1 aromatic rings. The molecular formula is C12H10BrN3O. The summed E-state index contributed by atoms with van der Waals surface area (Å²) in [5.41, 5.74) is 1.40. The van der Waals surface area contributed by atoms with Gasteiger partial charge in [0, 0.05) is 10.2 Å². The molecule has 4 nitrogen and oxygen atoms in total. The lowest BCUT2D eigenvalue weighted by Gasteiger charge is -2.13. The summed E-state index contributed by atoms with van der Waals surface area (Å²) in [7, 11) is 0. The Bertz CT molecular complexity index is 533. The van der Waals surface area contributed by atoms with Crippen molar-refractivity contribution in [3.63, 3.8) is 0 Å². The summed E-state index contributed by atoms with van der Waals surface area (Å²) in [5.74, 6) is -0.541. The first-order chi connectivity index (χ1) is 8.13. The summed E-state index contributed by atoms with van der Waals surface area (Å²) in [5, 5.41) is 14.3. The lowest BCUT2D eigenvalue weighted by atomic mass is 10.0. The Morgan fingerprint density at radius 3 is 3.00 bits per heavy atom. The Kier molecular flexibility index (Phi) is 3.25. The van der Waals surface area contributed by atoms with Crippen molar-refractivity contribution >= 4 is 33.2 Å². The Labute approximate surface area is 108 Å². The number of amides is 1. The number of nitriles is 1. The number of hydrazone groups is 1. The van der Waals surface area contributed by atoms with Gasteiger partial charge in [-0.1, -0.05) is 22.0 Å². The third-order valence-corrected chi connectivity index (χ3v) is 3.11. The van der Waals surface area contributed by atoms with E-state index in [-0.39, 0.29) is 12.3 Å². The number of nitrogens with zero attached hydrogens (tertiary/aromatic N) is 3. The van der Waals surface area contributed by atoms with Crippen molar-refractivity contribution in [3.8, 4) is 6.07 Å². The lowest BCUT2D eigenvalue weighted by Crippen LogP contribution is -2.26. The highest BCUT2D eigenvalue weighted by molar-refractivity contribution is 9.10. The molecule has 0 fully saturated rings. The topological polar surface area (TPSA) is 56.5 Å². The molecule has 0 bridgehead atoms. The summed E-state index contributed by atoms with van der Waals surface area (Å²) < 4.78 is 0.888. The van der Waals surface area contributed by atoms with Crippen LogP contribution in [0.1, 0.15) is 13.3 Å². The minimum atomic E-state index is -0.404. The smallest absolute Gasteiger partial charge is 0.257 e. The van der Waals surface area contributed by atoms with Crippen molar-refractivity contribution in [2.75, 3.05) is 5.01 Å². The number of hydrogen-bond acceptors (Lipinski definition) is 3. The van der Waals surface area contributed by atoms with Crippen LogP contribution in [0.3, 0.4) is 0 Å². The van der Waals surface area contributed by atoms with Crippen molar-refractivity contribution in [3.05, 3.63) is 28.7 Å². The largest absolute Gasteiger partial charge is 0.272 e. The zero-order chi connectivity index (χ0) is 12.4. The third-order valence-electron chi connectivity index (χ3n) is 2.62. The Morgan fingerprint density at radius 2 is 2.35 bits per heavy atom. The minimum absolute atomic E-state index is 0.137. The second-order valence-corrected chi connectivity index (χ2v) is 4.70. The van der Waals surface area contributed by atoms with Gasteiger partial charge in [0.1, 0.15) is 0 Å². The van der Waals surface area contributed by atoms with Gasteiger partial charge < -0.3 is 0 Å². The second kappa shape index (κ2) is 4.68. The molecule has 0 radical (unpaired) electrons. The summed E-state index contributed by atoms with van der Waals surface area (Å²) in [6, 6.07) is 9.38. The molecule has 5 heteroatoms. The van der Waals surface area contributed by atoms with Gasteiger partial charge in [0.2, 0.25) is 0 Å². The molecule has 0 saturated carbocycles. The van der Waals surface area contributed by atoms with Gasteiger partial charge in [0.15, 0.2) is 0 Å². The van der Waals surface area contributed by atoms with Crippen LogP contribution in [0.15, 0.2) is 33.8 Å².